The summed E-state index contributed by atoms with van der Waals surface area (Å²) in [7, 11) is 0.566. The van der Waals surface area contributed by atoms with Crippen LogP contribution in [0.3, 0.4) is 0 Å². The fourth-order valence-electron chi connectivity index (χ4n) is 2.14. The lowest BCUT2D eigenvalue weighted by atomic mass is 10.2. The number of benzene rings is 2. The molecule has 2 rings (SSSR count). The average Bonchev–Trinajstić information content (AvgIpc) is 2.52. The summed E-state index contributed by atoms with van der Waals surface area (Å²) in [5.41, 5.74) is 1.03. The van der Waals surface area contributed by atoms with E-state index in [9.17, 15) is 8.42 Å². The van der Waals surface area contributed by atoms with Gasteiger partial charge in [0.05, 0.1) is 16.4 Å². The third-order valence-corrected chi connectivity index (χ3v) is 5.27. The maximum atomic E-state index is 12.5. The Bertz CT molecular complexity index is 720. The van der Waals surface area contributed by atoms with Crippen LogP contribution >= 0.6 is 0 Å². The molecule has 0 radical (unpaired) electrons. The molecule has 0 saturated heterocycles. The topological polar surface area (TPSA) is 46.6 Å². The Morgan fingerprint density at radius 3 is 1.96 bits per heavy atom. The molecule has 23 heavy (non-hydrogen) atoms. The summed E-state index contributed by atoms with van der Waals surface area (Å²) in [4.78, 5) is 2.69. The summed E-state index contributed by atoms with van der Waals surface area (Å²) in [5.74, 6) is 0.687. The molecule has 0 spiro atoms. The van der Waals surface area contributed by atoms with Crippen LogP contribution in [-0.2, 0) is 9.84 Å². The maximum Gasteiger partial charge on any atom is 0.206 e. The third-order valence-electron chi connectivity index (χ3n) is 3.48. The summed E-state index contributed by atoms with van der Waals surface area (Å²) < 4.78 is 30.7. The van der Waals surface area contributed by atoms with Crippen LogP contribution in [-0.4, -0.2) is 40.6 Å². The van der Waals surface area contributed by atoms with Crippen LogP contribution in [0.2, 0.25) is 0 Å². The standard InChI is InChI=1S/C18H23NO3S/c1-15-5-9-17(10-6-15)23(20,21)18-11-7-16(8-12-18)22-14-4-13-19(2)3/h5-12H,4,13-14H2,1-3H3. The van der Waals surface area contributed by atoms with Crippen LogP contribution in [0.25, 0.3) is 0 Å². The van der Waals surface area contributed by atoms with Crippen LogP contribution in [0.4, 0.5) is 0 Å². The lowest BCUT2D eigenvalue weighted by Crippen LogP contribution is -2.15. The van der Waals surface area contributed by atoms with Gasteiger partial charge in [0.25, 0.3) is 0 Å². The molecule has 0 atom stereocenters. The van der Waals surface area contributed by atoms with E-state index in [1.54, 1.807) is 48.5 Å². The van der Waals surface area contributed by atoms with Crippen molar-refractivity contribution in [1.82, 2.24) is 4.90 Å². The predicted molar refractivity (Wildman–Crippen MR) is 91.7 cm³/mol. The molecule has 0 aromatic heterocycles. The third kappa shape index (κ3) is 4.81. The smallest absolute Gasteiger partial charge is 0.206 e. The van der Waals surface area contributed by atoms with E-state index in [-0.39, 0.29) is 4.90 Å². The molecule has 0 aliphatic rings. The zero-order valence-corrected chi connectivity index (χ0v) is 14.6. The fourth-order valence-corrected chi connectivity index (χ4v) is 3.40. The first-order valence-electron chi connectivity index (χ1n) is 7.59. The number of hydrogen-bond acceptors (Lipinski definition) is 4. The molecule has 4 nitrogen and oxygen atoms in total. The highest BCUT2D eigenvalue weighted by molar-refractivity contribution is 7.91. The van der Waals surface area contributed by atoms with E-state index in [4.69, 9.17) is 4.74 Å². The lowest BCUT2D eigenvalue weighted by molar-refractivity contribution is 0.281. The minimum atomic E-state index is -3.47. The van der Waals surface area contributed by atoms with Gasteiger partial charge >= 0.3 is 0 Å². The quantitative estimate of drug-likeness (QED) is 0.730. The van der Waals surface area contributed by atoms with Crippen molar-refractivity contribution in [2.45, 2.75) is 23.1 Å². The molecule has 5 heteroatoms. The van der Waals surface area contributed by atoms with Crippen molar-refractivity contribution >= 4 is 9.84 Å². The van der Waals surface area contributed by atoms with E-state index in [0.717, 1.165) is 18.5 Å². The van der Waals surface area contributed by atoms with Gasteiger partial charge in [0.1, 0.15) is 5.75 Å². The molecule has 0 amide bonds. The first kappa shape index (κ1) is 17.5. The Kier molecular flexibility index (Phi) is 5.80. The molecule has 2 aromatic rings. The van der Waals surface area contributed by atoms with Gasteiger partial charge in [-0.05, 0) is 63.8 Å². The Labute approximate surface area is 138 Å². The van der Waals surface area contributed by atoms with Gasteiger partial charge in [-0.3, -0.25) is 0 Å². The van der Waals surface area contributed by atoms with Crippen LogP contribution in [0, 0.1) is 6.92 Å². The van der Waals surface area contributed by atoms with Crippen molar-refractivity contribution < 1.29 is 13.2 Å². The highest BCUT2D eigenvalue weighted by Crippen LogP contribution is 2.23. The molecule has 0 bridgehead atoms. The van der Waals surface area contributed by atoms with Crippen molar-refractivity contribution in [1.29, 1.82) is 0 Å². The molecule has 0 aliphatic heterocycles. The van der Waals surface area contributed by atoms with E-state index in [1.807, 2.05) is 21.0 Å². The van der Waals surface area contributed by atoms with Crippen LogP contribution < -0.4 is 4.74 Å². The van der Waals surface area contributed by atoms with Crippen molar-refractivity contribution in [2.24, 2.45) is 0 Å². The number of aryl methyl sites for hydroxylation is 1. The first-order chi connectivity index (χ1) is 10.9. The molecule has 0 fully saturated rings. The van der Waals surface area contributed by atoms with Gasteiger partial charge in [-0.15, -0.1) is 0 Å². The van der Waals surface area contributed by atoms with Gasteiger partial charge in [0.15, 0.2) is 0 Å². The number of hydrogen-bond donors (Lipinski definition) is 0. The highest BCUT2D eigenvalue weighted by Gasteiger charge is 2.17. The lowest BCUT2D eigenvalue weighted by Gasteiger charge is -2.11. The molecule has 124 valence electrons. The van der Waals surface area contributed by atoms with E-state index in [0.29, 0.717) is 17.3 Å². The predicted octanol–water partition coefficient (Wildman–Crippen LogP) is 3.16. The maximum absolute atomic E-state index is 12.5. The van der Waals surface area contributed by atoms with Gasteiger partial charge in [-0.1, -0.05) is 17.7 Å². The van der Waals surface area contributed by atoms with E-state index in [2.05, 4.69) is 4.90 Å². The normalized spacial score (nSPS) is 11.7. The van der Waals surface area contributed by atoms with Crippen LogP contribution in [0.5, 0.6) is 5.75 Å². The van der Waals surface area contributed by atoms with E-state index >= 15 is 0 Å². The average molecular weight is 333 g/mol. The van der Waals surface area contributed by atoms with Gasteiger partial charge in [-0.25, -0.2) is 8.42 Å². The van der Waals surface area contributed by atoms with Crippen molar-refractivity contribution in [3.05, 3.63) is 54.1 Å². The number of ether oxygens (including phenoxy) is 1. The second kappa shape index (κ2) is 7.62. The Morgan fingerprint density at radius 2 is 1.43 bits per heavy atom. The fraction of sp³-hybridized carbons (Fsp3) is 0.333. The molecule has 0 saturated carbocycles. The Balaban J connectivity index is 2.05. The van der Waals surface area contributed by atoms with Crippen LogP contribution in [0.15, 0.2) is 58.3 Å². The summed E-state index contributed by atoms with van der Waals surface area (Å²) in [5, 5.41) is 0. The minimum absolute atomic E-state index is 0.280. The molecule has 2 aromatic carbocycles. The largest absolute Gasteiger partial charge is 0.494 e. The summed E-state index contributed by atoms with van der Waals surface area (Å²) >= 11 is 0. The molecule has 0 heterocycles. The first-order valence-corrected chi connectivity index (χ1v) is 9.07. The Hall–Kier alpha value is -1.85. The molecule has 0 aliphatic carbocycles. The zero-order chi connectivity index (χ0) is 16.9. The molecular formula is C18H23NO3S. The second-order valence-electron chi connectivity index (χ2n) is 5.79. The summed E-state index contributed by atoms with van der Waals surface area (Å²) in [6, 6.07) is 13.5. The zero-order valence-electron chi connectivity index (χ0n) is 13.8. The molecular weight excluding hydrogens is 310 g/mol. The monoisotopic (exact) mass is 333 g/mol. The van der Waals surface area contributed by atoms with Gasteiger partial charge in [0, 0.05) is 6.54 Å². The van der Waals surface area contributed by atoms with Gasteiger partial charge in [0.2, 0.25) is 9.84 Å². The summed E-state index contributed by atoms with van der Waals surface area (Å²) in [6.07, 6.45) is 0.927. The van der Waals surface area contributed by atoms with Gasteiger partial charge in [-0.2, -0.15) is 0 Å². The number of sulfone groups is 1. The highest BCUT2D eigenvalue weighted by atomic mass is 32.2. The van der Waals surface area contributed by atoms with E-state index < -0.39 is 9.84 Å². The molecule has 0 N–H and O–H groups in total. The SMILES string of the molecule is Cc1ccc(S(=O)(=O)c2ccc(OCCCN(C)C)cc2)cc1. The molecule has 0 unspecified atom stereocenters. The van der Waals surface area contributed by atoms with Crippen molar-refractivity contribution in [2.75, 3.05) is 27.2 Å². The van der Waals surface area contributed by atoms with Crippen molar-refractivity contribution in [3.8, 4) is 5.75 Å². The van der Waals surface area contributed by atoms with Gasteiger partial charge < -0.3 is 9.64 Å². The summed E-state index contributed by atoms with van der Waals surface area (Å²) in [6.45, 7) is 3.50. The number of rotatable bonds is 7. The Morgan fingerprint density at radius 1 is 0.913 bits per heavy atom. The van der Waals surface area contributed by atoms with E-state index in [1.165, 1.54) is 0 Å². The minimum Gasteiger partial charge on any atom is -0.494 e. The second-order valence-corrected chi connectivity index (χ2v) is 7.74. The number of nitrogens with zero attached hydrogens (tertiary/aromatic N) is 1. The van der Waals surface area contributed by atoms with Crippen molar-refractivity contribution in [3.63, 3.8) is 0 Å². The van der Waals surface area contributed by atoms with Crippen LogP contribution in [0.1, 0.15) is 12.0 Å².